The average molecular weight is 211 g/mol. The summed E-state index contributed by atoms with van der Waals surface area (Å²) in [5.41, 5.74) is 7.60. The van der Waals surface area contributed by atoms with Crippen molar-refractivity contribution in [1.29, 1.82) is 0 Å². The minimum atomic E-state index is -0.00449. The van der Waals surface area contributed by atoms with Gasteiger partial charge in [-0.15, -0.1) is 0 Å². The van der Waals surface area contributed by atoms with Crippen molar-refractivity contribution in [2.75, 3.05) is 0 Å². The predicted octanol–water partition coefficient (Wildman–Crippen LogP) is 0.159. The number of hydrogen-bond donors (Lipinski definition) is 3. The Morgan fingerprint density at radius 2 is 1.53 bits per heavy atom. The van der Waals surface area contributed by atoms with Gasteiger partial charge in [0.1, 0.15) is 11.5 Å². The number of allylic oxidation sites excluding steroid dienone is 3. The molecule has 0 bridgehead atoms. The number of aliphatic hydroxyl groups is 1. The molecule has 0 radical (unpaired) electrons. The lowest BCUT2D eigenvalue weighted by molar-refractivity contribution is -0.398. The average Bonchev–Trinajstić information content (AvgIpc) is 2.14. The van der Waals surface area contributed by atoms with E-state index in [1.54, 1.807) is 27.7 Å². The van der Waals surface area contributed by atoms with Gasteiger partial charge in [-0.3, -0.25) is 10.5 Å². The lowest BCUT2D eigenvalue weighted by Crippen LogP contribution is -2.73. The Balaban J connectivity index is 5.18. The van der Waals surface area contributed by atoms with E-state index >= 15 is 0 Å². The highest BCUT2D eigenvalue weighted by Crippen LogP contribution is 1.97. The molecule has 0 aromatic heterocycles. The molecule has 0 aliphatic rings. The molecule has 4 N–H and O–H groups in total. The highest BCUT2D eigenvalue weighted by atomic mass is 16.3. The van der Waals surface area contributed by atoms with E-state index in [2.05, 4.69) is 4.99 Å². The van der Waals surface area contributed by atoms with Crippen molar-refractivity contribution < 1.29 is 14.9 Å². The van der Waals surface area contributed by atoms with Gasteiger partial charge in [-0.05, 0) is 34.6 Å². The van der Waals surface area contributed by atoms with E-state index in [-0.39, 0.29) is 11.5 Å². The van der Waals surface area contributed by atoms with E-state index in [0.717, 1.165) is 0 Å². The number of ketones is 1. The second-order valence-corrected chi connectivity index (χ2v) is 3.56. The first-order chi connectivity index (χ1) is 6.77. The van der Waals surface area contributed by atoms with E-state index in [1.165, 1.54) is 6.92 Å². The summed E-state index contributed by atoms with van der Waals surface area (Å²) in [6.07, 6.45) is 0. The summed E-state index contributed by atoms with van der Waals surface area (Å²) in [6.45, 7) is 8.25. The van der Waals surface area contributed by atoms with Gasteiger partial charge in [-0.1, -0.05) is 0 Å². The van der Waals surface area contributed by atoms with Crippen LogP contribution in [0.25, 0.3) is 0 Å². The molecule has 0 aromatic carbocycles. The van der Waals surface area contributed by atoms with Crippen molar-refractivity contribution in [3.8, 4) is 0 Å². The number of rotatable bonds is 3. The maximum atomic E-state index is 11.1. The van der Waals surface area contributed by atoms with Gasteiger partial charge in [-0.25, -0.2) is 4.99 Å². The molecule has 0 aliphatic carbocycles. The summed E-state index contributed by atoms with van der Waals surface area (Å²) in [4.78, 5) is 13.9. The van der Waals surface area contributed by atoms with Gasteiger partial charge in [0.25, 0.3) is 5.84 Å². The standard InChI is InChI=1S/C11H18N2O2/c1-6(9(4)14)8(3)13-11(12)7(2)10(5)15/h15H,1-5H3,(H2,12,13)/p+1/b8-6?,10-7-. The van der Waals surface area contributed by atoms with Crippen LogP contribution >= 0.6 is 0 Å². The third kappa shape index (κ3) is 3.97. The van der Waals surface area contributed by atoms with Gasteiger partial charge in [0.05, 0.1) is 5.57 Å². The summed E-state index contributed by atoms with van der Waals surface area (Å²) in [5.74, 6) is 0.511. The highest BCUT2D eigenvalue weighted by molar-refractivity contribution is 5.94. The van der Waals surface area contributed by atoms with Crippen molar-refractivity contribution in [1.82, 2.24) is 0 Å². The number of hydrogen-bond acceptors (Lipinski definition) is 2. The first-order valence-electron chi connectivity index (χ1n) is 4.72. The normalized spacial score (nSPS) is 15.7. The van der Waals surface area contributed by atoms with Crippen LogP contribution in [0.2, 0.25) is 0 Å². The van der Waals surface area contributed by atoms with Crippen LogP contribution in [0.4, 0.5) is 0 Å². The Hall–Kier alpha value is -1.58. The van der Waals surface area contributed by atoms with Gasteiger partial charge in [0, 0.05) is 5.57 Å². The Labute approximate surface area is 90.2 Å². The van der Waals surface area contributed by atoms with Crippen molar-refractivity contribution in [3.05, 3.63) is 22.6 Å². The fraction of sp³-hybridized carbons (Fsp3) is 0.455. The van der Waals surface area contributed by atoms with E-state index < -0.39 is 0 Å². The second-order valence-electron chi connectivity index (χ2n) is 3.56. The molecule has 0 heterocycles. The SMILES string of the molecule is CC(=O)C(C)=C(C)[NH+]=C(N)/C(C)=C(/C)O. The number of nitrogens with two attached hydrogens (primary N) is 1. The van der Waals surface area contributed by atoms with E-state index in [1.807, 2.05) is 0 Å². The highest BCUT2D eigenvalue weighted by Gasteiger charge is 2.09. The minimum absolute atomic E-state index is 0.00449. The molecule has 0 rings (SSSR count). The first kappa shape index (κ1) is 13.4. The van der Waals surface area contributed by atoms with Crippen molar-refractivity contribution in [2.45, 2.75) is 34.6 Å². The molecular formula is C11H19N2O2+. The van der Waals surface area contributed by atoms with Gasteiger partial charge < -0.3 is 5.11 Å². The molecule has 4 nitrogen and oxygen atoms in total. The van der Waals surface area contributed by atoms with Crippen LogP contribution in [-0.4, -0.2) is 16.7 Å². The van der Waals surface area contributed by atoms with Crippen LogP contribution < -0.4 is 10.7 Å². The molecule has 0 amide bonds. The van der Waals surface area contributed by atoms with Gasteiger partial charge >= 0.3 is 0 Å². The van der Waals surface area contributed by atoms with Gasteiger partial charge in [0.2, 0.25) is 0 Å². The zero-order valence-corrected chi connectivity index (χ0v) is 9.93. The zero-order valence-electron chi connectivity index (χ0n) is 9.93. The smallest absolute Gasteiger partial charge is 0.276 e. The number of carbonyl (C=O) groups is 1. The molecule has 0 unspecified atom stereocenters. The van der Waals surface area contributed by atoms with Crippen LogP contribution in [0.1, 0.15) is 34.6 Å². The fourth-order valence-electron chi connectivity index (χ4n) is 0.848. The van der Waals surface area contributed by atoms with Gasteiger partial charge in [0.15, 0.2) is 5.78 Å². The maximum absolute atomic E-state index is 11.1. The number of carbonyl (C=O) groups excluding carboxylic acids is 1. The number of Topliss-reactive ketones (excluding diaryl/α,β-unsaturated/α-hetero) is 1. The minimum Gasteiger partial charge on any atom is -0.512 e. The van der Waals surface area contributed by atoms with E-state index in [0.29, 0.717) is 22.7 Å². The molecular weight excluding hydrogens is 192 g/mol. The summed E-state index contributed by atoms with van der Waals surface area (Å²) in [6, 6.07) is 0. The maximum Gasteiger partial charge on any atom is 0.276 e. The van der Waals surface area contributed by atoms with Crippen LogP contribution in [-0.2, 0) is 4.79 Å². The molecule has 0 saturated heterocycles. The fourth-order valence-corrected chi connectivity index (χ4v) is 0.848. The number of aliphatic hydroxyl groups excluding tert-OH is 1. The molecule has 84 valence electrons. The van der Waals surface area contributed by atoms with Crippen molar-refractivity contribution in [2.24, 2.45) is 5.73 Å². The number of nitrogens with one attached hydrogen (secondary N) is 1. The van der Waals surface area contributed by atoms with E-state index in [4.69, 9.17) is 5.73 Å². The molecule has 0 atom stereocenters. The monoisotopic (exact) mass is 211 g/mol. The van der Waals surface area contributed by atoms with Crippen LogP contribution in [0.3, 0.4) is 0 Å². The third-order valence-electron chi connectivity index (χ3n) is 2.36. The second kappa shape index (κ2) is 5.34. The summed E-state index contributed by atoms with van der Waals surface area (Å²) in [5, 5.41) is 9.21. The largest absolute Gasteiger partial charge is 0.512 e. The lowest BCUT2D eigenvalue weighted by Gasteiger charge is -1.99. The summed E-state index contributed by atoms with van der Waals surface area (Å²) < 4.78 is 0. The Morgan fingerprint density at radius 3 is 1.87 bits per heavy atom. The molecule has 4 heteroatoms. The predicted molar refractivity (Wildman–Crippen MR) is 60.2 cm³/mol. The molecule has 0 aliphatic heterocycles. The molecule has 0 saturated carbocycles. The summed E-state index contributed by atoms with van der Waals surface area (Å²) >= 11 is 0. The third-order valence-corrected chi connectivity index (χ3v) is 2.36. The topological polar surface area (TPSA) is 77.3 Å². The Kier molecular flexibility index (Phi) is 4.78. The Morgan fingerprint density at radius 1 is 1.07 bits per heavy atom. The Bertz CT molecular complexity index is 359. The number of amidine groups is 1. The first-order valence-corrected chi connectivity index (χ1v) is 4.72. The van der Waals surface area contributed by atoms with Gasteiger partial charge in [-0.2, -0.15) is 0 Å². The van der Waals surface area contributed by atoms with Crippen molar-refractivity contribution >= 4 is 11.6 Å². The quantitative estimate of drug-likeness (QED) is 0.269. The van der Waals surface area contributed by atoms with Crippen LogP contribution in [0.15, 0.2) is 22.6 Å². The lowest BCUT2D eigenvalue weighted by atomic mass is 10.2. The molecule has 15 heavy (non-hydrogen) atoms. The van der Waals surface area contributed by atoms with Crippen molar-refractivity contribution in [3.63, 3.8) is 0 Å². The zero-order chi connectivity index (χ0) is 12.2. The van der Waals surface area contributed by atoms with Crippen LogP contribution in [0, 0.1) is 0 Å². The molecule has 0 aromatic rings. The molecule has 0 spiro atoms. The summed E-state index contributed by atoms with van der Waals surface area (Å²) in [7, 11) is 0. The molecule has 0 fully saturated rings. The van der Waals surface area contributed by atoms with Crippen LogP contribution in [0.5, 0.6) is 0 Å². The van der Waals surface area contributed by atoms with E-state index in [9.17, 15) is 9.90 Å².